The topological polar surface area (TPSA) is 58.6 Å². The number of hydrogen-bond donors (Lipinski definition) is 2. The molecule has 4 heteroatoms. The van der Waals surface area contributed by atoms with Crippen molar-refractivity contribution in [3.05, 3.63) is 35.4 Å². The van der Waals surface area contributed by atoms with Crippen LogP contribution in [0.3, 0.4) is 0 Å². The summed E-state index contributed by atoms with van der Waals surface area (Å²) in [7, 11) is 1.28. The van der Waals surface area contributed by atoms with E-state index in [2.05, 4.69) is 22.2 Å². The quantitative estimate of drug-likeness (QED) is 0.810. The highest BCUT2D eigenvalue weighted by Crippen LogP contribution is 2.29. The molecule has 1 aliphatic carbocycles. The van der Waals surface area contributed by atoms with E-state index in [0.29, 0.717) is 0 Å². The van der Waals surface area contributed by atoms with Crippen LogP contribution in [0.4, 0.5) is 0 Å². The highest BCUT2D eigenvalue weighted by Gasteiger charge is 2.32. The number of aryl methyl sites for hydroxylation is 1. The van der Waals surface area contributed by atoms with Gasteiger partial charge in [0.15, 0.2) is 5.60 Å². The second-order valence-corrected chi connectivity index (χ2v) is 5.29. The summed E-state index contributed by atoms with van der Waals surface area (Å²) in [6.45, 7) is 1.67. The largest absolute Gasteiger partial charge is 0.467 e. The predicted molar refractivity (Wildman–Crippen MR) is 72.8 cm³/mol. The van der Waals surface area contributed by atoms with Gasteiger partial charge in [0.25, 0.3) is 0 Å². The maximum absolute atomic E-state index is 11.4. The summed E-state index contributed by atoms with van der Waals surface area (Å²) in [6, 6.07) is 8.52. The van der Waals surface area contributed by atoms with Crippen molar-refractivity contribution in [3.63, 3.8) is 0 Å². The van der Waals surface area contributed by atoms with E-state index in [1.807, 2.05) is 12.1 Å². The average molecular weight is 263 g/mol. The molecule has 0 saturated carbocycles. The Morgan fingerprint density at radius 1 is 1.53 bits per heavy atom. The number of methoxy groups -OCH3 is 1. The normalized spacial score (nSPS) is 21.3. The van der Waals surface area contributed by atoms with Crippen LogP contribution in [0.1, 0.15) is 36.9 Å². The summed E-state index contributed by atoms with van der Waals surface area (Å²) < 4.78 is 4.60. The van der Waals surface area contributed by atoms with Gasteiger partial charge in [0.2, 0.25) is 0 Å². The number of ether oxygens (including phenoxy) is 1. The molecule has 4 nitrogen and oxygen atoms in total. The molecular weight excluding hydrogens is 242 g/mol. The minimum Gasteiger partial charge on any atom is -0.467 e. The van der Waals surface area contributed by atoms with Crippen molar-refractivity contribution in [2.24, 2.45) is 0 Å². The van der Waals surface area contributed by atoms with Gasteiger partial charge in [0.1, 0.15) is 0 Å². The first kappa shape index (κ1) is 14.0. The van der Waals surface area contributed by atoms with Crippen LogP contribution in [0, 0.1) is 0 Å². The molecule has 0 heterocycles. The smallest absolute Gasteiger partial charge is 0.338 e. The van der Waals surface area contributed by atoms with E-state index < -0.39 is 11.6 Å². The van der Waals surface area contributed by atoms with Gasteiger partial charge in [-0.3, -0.25) is 0 Å². The lowest BCUT2D eigenvalue weighted by molar-refractivity contribution is -0.160. The number of carbonyl (C=O) groups is 1. The van der Waals surface area contributed by atoms with Gasteiger partial charge in [0.05, 0.1) is 7.11 Å². The lowest BCUT2D eigenvalue weighted by Gasteiger charge is -2.29. The highest BCUT2D eigenvalue weighted by molar-refractivity contribution is 5.78. The molecule has 1 aromatic rings. The summed E-state index contributed by atoms with van der Waals surface area (Å²) in [6.07, 6.45) is 3.24. The van der Waals surface area contributed by atoms with Crippen molar-refractivity contribution in [2.75, 3.05) is 13.7 Å². The van der Waals surface area contributed by atoms with Crippen molar-refractivity contribution in [3.8, 4) is 0 Å². The second kappa shape index (κ2) is 5.72. The van der Waals surface area contributed by atoms with Crippen molar-refractivity contribution in [2.45, 2.75) is 37.8 Å². The molecule has 2 rings (SSSR count). The third-order valence-corrected chi connectivity index (χ3v) is 3.69. The maximum Gasteiger partial charge on any atom is 0.338 e. The van der Waals surface area contributed by atoms with Crippen molar-refractivity contribution >= 4 is 5.97 Å². The van der Waals surface area contributed by atoms with Gasteiger partial charge in [-0.1, -0.05) is 24.3 Å². The van der Waals surface area contributed by atoms with E-state index in [-0.39, 0.29) is 12.6 Å². The van der Waals surface area contributed by atoms with Crippen LogP contribution in [0.25, 0.3) is 0 Å². The molecule has 0 bridgehead atoms. The first-order valence-electron chi connectivity index (χ1n) is 6.66. The van der Waals surface area contributed by atoms with Crippen molar-refractivity contribution in [1.82, 2.24) is 5.32 Å². The van der Waals surface area contributed by atoms with Gasteiger partial charge in [-0.2, -0.15) is 0 Å². The Bertz CT molecular complexity index is 456. The van der Waals surface area contributed by atoms with E-state index in [1.54, 1.807) is 0 Å². The standard InChI is InChI=1S/C15H21NO3/c1-15(18,14(17)19-2)10-16-13-9-5-7-11-6-3-4-8-12(11)13/h3-4,6,8,13,16,18H,5,7,9-10H2,1-2H3. The van der Waals surface area contributed by atoms with Crippen LogP contribution in [-0.2, 0) is 16.0 Å². The van der Waals surface area contributed by atoms with E-state index in [9.17, 15) is 9.90 Å². The number of nitrogens with one attached hydrogen (secondary N) is 1. The molecule has 0 fully saturated rings. The summed E-state index contributed by atoms with van der Waals surface area (Å²) in [5.41, 5.74) is 1.14. The SMILES string of the molecule is COC(=O)C(C)(O)CNC1CCCc2ccccc21. The molecule has 104 valence electrons. The summed E-state index contributed by atoms with van der Waals surface area (Å²) in [4.78, 5) is 11.4. The zero-order valence-corrected chi connectivity index (χ0v) is 11.5. The second-order valence-electron chi connectivity index (χ2n) is 5.29. The molecule has 2 atom stereocenters. The van der Waals surface area contributed by atoms with Crippen LogP contribution in [-0.4, -0.2) is 30.3 Å². The van der Waals surface area contributed by atoms with Crippen LogP contribution in [0.15, 0.2) is 24.3 Å². The van der Waals surface area contributed by atoms with Crippen molar-refractivity contribution in [1.29, 1.82) is 0 Å². The van der Waals surface area contributed by atoms with E-state index in [1.165, 1.54) is 25.2 Å². The first-order valence-corrected chi connectivity index (χ1v) is 6.66. The van der Waals surface area contributed by atoms with Crippen molar-refractivity contribution < 1.29 is 14.6 Å². The fourth-order valence-electron chi connectivity index (χ4n) is 2.58. The van der Waals surface area contributed by atoms with Crippen LogP contribution in [0.5, 0.6) is 0 Å². The molecule has 0 spiro atoms. The summed E-state index contributed by atoms with van der Waals surface area (Å²) >= 11 is 0. The molecule has 0 amide bonds. The molecule has 19 heavy (non-hydrogen) atoms. The van der Waals surface area contributed by atoms with Gasteiger partial charge in [-0.25, -0.2) is 4.79 Å². The zero-order valence-electron chi connectivity index (χ0n) is 11.5. The molecule has 2 N–H and O–H groups in total. The minimum absolute atomic E-state index is 0.193. The molecule has 1 aromatic carbocycles. The number of rotatable bonds is 4. The van der Waals surface area contributed by atoms with E-state index in [4.69, 9.17) is 0 Å². The molecule has 0 saturated heterocycles. The highest BCUT2D eigenvalue weighted by atomic mass is 16.5. The Morgan fingerprint density at radius 2 is 2.26 bits per heavy atom. The maximum atomic E-state index is 11.4. The Hall–Kier alpha value is -1.39. The molecule has 0 aliphatic heterocycles. The number of benzene rings is 1. The van der Waals surface area contributed by atoms with Gasteiger partial charge in [0, 0.05) is 12.6 Å². The number of aliphatic hydroxyl groups is 1. The van der Waals surface area contributed by atoms with Gasteiger partial charge in [-0.15, -0.1) is 0 Å². The minimum atomic E-state index is -1.48. The number of esters is 1. The van der Waals surface area contributed by atoms with Gasteiger partial charge >= 0.3 is 5.97 Å². The third kappa shape index (κ3) is 3.14. The van der Waals surface area contributed by atoms with Gasteiger partial charge < -0.3 is 15.2 Å². The van der Waals surface area contributed by atoms with Crippen LogP contribution < -0.4 is 5.32 Å². The van der Waals surface area contributed by atoms with Crippen LogP contribution in [0.2, 0.25) is 0 Å². The summed E-state index contributed by atoms with van der Waals surface area (Å²) in [5, 5.41) is 13.3. The molecule has 0 radical (unpaired) electrons. The lowest BCUT2D eigenvalue weighted by Crippen LogP contribution is -2.46. The predicted octanol–water partition coefficient (Wildman–Crippen LogP) is 1.58. The van der Waals surface area contributed by atoms with Crippen LogP contribution >= 0.6 is 0 Å². The summed E-state index contributed by atoms with van der Waals surface area (Å²) in [5.74, 6) is -0.607. The zero-order chi connectivity index (χ0) is 13.9. The van der Waals surface area contributed by atoms with E-state index >= 15 is 0 Å². The molecule has 1 aliphatic rings. The monoisotopic (exact) mass is 263 g/mol. The first-order chi connectivity index (χ1) is 9.04. The number of carbonyl (C=O) groups excluding carboxylic acids is 1. The average Bonchev–Trinajstić information content (AvgIpc) is 2.44. The Labute approximate surface area is 113 Å². The molecular formula is C15H21NO3. The number of fused-ring (bicyclic) bond motifs is 1. The fourth-order valence-corrected chi connectivity index (χ4v) is 2.58. The Morgan fingerprint density at radius 3 is 3.00 bits per heavy atom. The Balaban J connectivity index is 2.04. The fraction of sp³-hybridized carbons (Fsp3) is 0.533. The number of hydrogen-bond acceptors (Lipinski definition) is 4. The molecule has 0 aromatic heterocycles. The van der Waals surface area contributed by atoms with Gasteiger partial charge in [-0.05, 0) is 37.3 Å². The third-order valence-electron chi connectivity index (χ3n) is 3.69. The lowest BCUT2D eigenvalue weighted by atomic mass is 9.87. The van der Waals surface area contributed by atoms with E-state index in [0.717, 1.165) is 19.3 Å². The molecule has 2 unspecified atom stereocenters. The Kier molecular flexibility index (Phi) is 4.22.